The number of carbonyl (C=O) groups excluding carboxylic acids is 1. The Balaban J connectivity index is 1.52. The van der Waals surface area contributed by atoms with Crippen LogP contribution in [0.2, 0.25) is 0 Å². The van der Waals surface area contributed by atoms with Gasteiger partial charge in [-0.15, -0.1) is 0 Å². The Bertz CT molecular complexity index is 927. The number of amides is 1. The highest BCUT2D eigenvalue weighted by Crippen LogP contribution is 2.19. The summed E-state index contributed by atoms with van der Waals surface area (Å²) in [5.74, 6) is 0.549. The van der Waals surface area contributed by atoms with Crippen LogP contribution in [-0.4, -0.2) is 40.1 Å². The normalized spacial score (nSPS) is 17.9. The molecule has 1 atom stereocenters. The first-order valence-electron chi connectivity index (χ1n) is 9.33. The van der Waals surface area contributed by atoms with Crippen molar-refractivity contribution in [1.82, 2.24) is 20.4 Å². The number of aromatic nitrogens is 2. The van der Waals surface area contributed by atoms with Gasteiger partial charge in [-0.25, -0.2) is 4.39 Å². The van der Waals surface area contributed by atoms with Crippen molar-refractivity contribution in [3.63, 3.8) is 0 Å². The third-order valence-corrected chi connectivity index (χ3v) is 4.85. The molecule has 2 aromatic carbocycles. The number of nitrogens with one attached hydrogen (secondary N) is 1. The van der Waals surface area contributed by atoms with E-state index in [1.54, 1.807) is 12.1 Å². The molecule has 1 aromatic heterocycles. The van der Waals surface area contributed by atoms with Crippen LogP contribution in [-0.2, 0) is 17.8 Å². The first-order chi connectivity index (χ1) is 13.7. The second-order valence-electron chi connectivity index (χ2n) is 6.84. The zero-order chi connectivity index (χ0) is 19.3. The number of carbonyl (C=O) groups is 1. The summed E-state index contributed by atoms with van der Waals surface area (Å²) >= 11 is 0. The summed E-state index contributed by atoms with van der Waals surface area (Å²) in [5, 5.41) is 6.98. The van der Waals surface area contributed by atoms with Gasteiger partial charge in [-0.2, -0.15) is 4.98 Å². The number of hydrogen-bond donors (Lipinski definition) is 1. The summed E-state index contributed by atoms with van der Waals surface area (Å²) < 4.78 is 18.5. The standard InChI is InChI=1S/C21H21FN4O2/c22-17-9-7-16(8-10-17)20-24-19(28-25-20)14-26-12-4-11-23-21(27)18(26)13-15-5-2-1-3-6-15/h1-3,5-10,18H,4,11-14H2,(H,23,27). The maximum atomic E-state index is 13.1. The molecule has 3 aromatic rings. The van der Waals surface area contributed by atoms with E-state index in [2.05, 4.69) is 20.4 Å². The zero-order valence-corrected chi connectivity index (χ0v) is 15.3. The molecule has 2 heterocycles. The fourth-order valence-electron chi connectivity index (χ4n) is 3.39. The average Bonchev–Trinajstić information content (AvgIpc) is 3.11. The lowest BCUT2D eigenvalue weighted by Crippen LogP contribution is -2.45. The van der Waals surface area contributed by atoms with E-state index in [1.807, 2.05) is 30.3 Å². The van der Waals surface area contributed by atoms with Gasteiger partial charge in [-0.3, -0.25) is 9.69 Å². The number of rotatable bonds is 5. The van der Waals surface area contributed by atoms with Gasteiger partial charge in [0.2, 0.25) is 17.6 Å². The van der Waals surface area contributed by atoms with Gasteiger partial charge in [0.15, 0.2) is 0 Å². The quantitative estimate of drug-likeness (QED) is 0.737. The van der Waals surface area contributed by atoms with Gasteiger partial charge in [0.1, 0.15) is 5.82 Å². The molecule has 1 aliphatic heterocycles. The molecule has 0 bridgehead atoms. The molecule has 0 spiro atoms. The number of hydrogen-bond acceptors (Lipinski definition) is 5. The minimum atomic E-state index is -0.313. The van der Waals surface area contributed by atoms with E-state index >= 15 is 0 Å². The van der Waals surface area contributed by atoms with Crippen LogP contribution >= 0.6 is 0 Å². The Morgan fingerprint density at radius 2 is 1.93 bits per heavy atom. The van der Waals surface area contributed by atoms with Crippen LogP contribution in [0.3, 0.4) is 0 Å². The molecule has 1 unspecified atom stereocenters. The monoisotopic (exact) mass is 380 g/mol. The number of halogens is 1. The first kappa shape index (κ1) is 18.3. The highest BCUT2D eigenvalue weighted by atomic mass is 19.1. The lowest BCUT2D eigenvalue weighted by Gasteiger charge is -2.26. The molecule has 1 fully saturated rings. The Kier molecular flexibility index (Phi) is 5.43. The summed E-state index contributed by atoms with van der Waals surface area (Å²) in [4.78, 5) is 19.1. The van der Waals surface area contributed by atoms with E-state index in [0.29, 0.717) is 36.8 Å². The molecule has 0 aliphatic carbocycles. The van der Waals surface area contributed by atoms with Crippen molar-refractivity contribution in [2.45, 2.75) is 25.4 Å². The van der Waals surface area contributed by atoms with Gasteiger partial charge < -0.3 is 9.84 Å². The molecule has 0 radical (unpaired) electrons. The summed E-state index contributed by atoms with van der Waals surface area (Å²) in [6.45, 7) is 1.80. The average molecular weight is 380 g/mol. The van der Waals surface area contributed by atoms with Crippen LogP contribution in [0.1, 0.15) is 17.9 Å². The summed E-state index contributed by atoms with van der Waals surface area (Å²) in [7, 11) is 0. The summed E-state index contributed by atoms with van der Waals surface area (Å²) in [6, 6.07) is 15.6. The van der Waals surface area contributed by atoms with E-state index in [0.717, 1.165) is 18.5 Å². The van der Waals surface area contributed by atoms with Crippen LogP contribution in [0.5, 0.6) is 0 Å². The molecule has 1 N–H and O–H groups in total. The summed E-state index contributed by atoms with van der Waals surface area (Å²) in [5.41, 5.74) is 1.79. The Morgan fingerprint density at radius 3 is 2.71 bits per heavy atom. The third kappa shape index (κ3) is 4.26. The van der Waals surface area contributed by atoms with Gasteiger partial charge in [-0.1, -0.05) is 35.5 Å². The molecule has 28 heavy (non-hydrogen) atoms. The fourth-order valence-corrected chi connectivity index (χ4v) is 3.39. The lowest BCUT2D eigenvalue weighted by atomic mass is 10.0. The van der Waals surface area contributed by atoms with E-state index in [-0.39, 0.29) is 17.8 Å². The maximum absolute atomic E-state index is 13.1. The lowest BCUT2D eigenvalue weighted by molar-refractivity contribution is -0.125. The predicted molar refractivity (Wildman–Crippen MR) is 102 cm³/mol. The summed E-state index contributed by atoms with van der Waals surface area (Å²) in [6.07, 6.45) is 1.47. The molecular formula is C21H21FN4O2. The molecular weight excluding hydrogens is 359 g/mol. The highest BCUT2D eigenvalue weighted by Gasteiger charge is 2.29. The molecule has 144 valence electrons. The van der Waals surface area contributed by atoms with E-state index in [1.165, 1.54) is 12.1 Å². The van der Waals surface area contributed by atoms with E-state index in [4.69, 9.17) is 4.52 Å². The van der Waals surface area contributed by atoms with Crippen LogP contribution < -0.4 is 5.32 Å². The van der Waals surface area contributed by atoms with Crippen molar-refractivity contribution in [2.75, 3.05) is 13.1 Å². The topological polar surface area (TPSA) is 71.3 Å². The highest BCUT2D eigenvalue weighted by molar-refractivity contribution is 5.82. The van der Waals surface area contributed by atoms with Crippen molar-refractivity contribution < 1.29 is 13.7 Å². The molecule has 1 saturated heterocycles. The van der Waals surface area contributed by atoms with Crippen LogP contribution in [0.4, 0.5) is 4.39 Å². The third-order valence-electron chi connectivity index (χ3n) is 4.85. The van der Waals surface area contributed by atoms with Gasteiger partial charge in [0.25, 0.3) is 0 Å². The molecule has 4 rings (SSSR count). The van der Waals surface area contributed by atoms with Crippen molar-refractivity contribution in [1.29, 1.82) is 0 Å². The first-order valence-corrected chi connectivity index (χ1v) is 9.33. The Labute approximate surface area is 162 Å². The minimum absolute atomic E-state index is 0.0135. The van der Waals surface area contributed by atoms with E-state index in [9.17, 15) is 9.18 Å². The van der Waals surface area contributed by atoms with Crippen molar-refractivity contribution >= 4 is 5.91 Å². The smallest absolute Gasteiger partial charge is 0.241 e. The van der Waals surface area contributed by atoms with Gasteiger partial charge in [-0.05, 0) is 42.7 Å². The second kappa shape index (κ2) is 8.31. The van der Waals surface area contributed by atoms with Crippen molar-refractivity contribution in [2.24, 2.45) is 0 Å². The SMILES string of the molecule is O=C1NCCCN(Cc2nc(-c3ccc(F)cc3)no2)C1Cc1ccccc1. The second-order valence-corrected chi connectivity index (χ2v) is 6.84. The Morgan fingerprint density at radius 1 is 1.14 bits per heavy atom. The Hall–Kier alpha value is -3.06. The molecule has 1 amide bonds. The largest absolute Gasteiger partial charge is 0.355 e. The van der Waals surface area contributed by atoms with Crippen LogP contribution in [0.15, 0.2) is 59.1 Å². The molecule has 0 saturated carbocycles. The van der Waals surface area contributed by atoms with Crippen molar-refractivity contribution in [3.05, 3.63) is 71.9 Å². The van der Waals surface area contributed by atoms with Gasteiger partial charge in [0.05, 0.1) is 12.6 Å². The maximum Gasteiger partial charge on any atom is 0.241 e. The zero-order valence-electron chi connectivity index (χ0n) is 15.3. The van der Waals surface area contributed by atoms with Crippen molar-refractivity contribution in [3.8, 4) is 11.4 Å². The minimum Gasteiger partial charge on any atom is -0.355 e. The van der Waals surface area contributed by atoms with Gasteiger partial charge >= 0.3 is 0 Å². The predicted octanol–water partition coefficient (Wildman–Crippen LogP) is 2.81. The van der Waals surface area contributed by atoms with Crippen LogP contribution in [0.25, 0.3) is 11.4 Å². The molecule has 7 heteroatoms. The number of nitrogens with zero attached hydrogens (tertiary/aromatic N) is 3. The molecule has 6 nitrogen and oxygen atoms in total. The van der Waals surface area contributed by atoms with Gasteiger partial charge in [0, 0.05) is 18.7 Å². The molecule has 1 aliphatic rings. The fraction of sp³-hybridized carbons (Fsp3) is 0.286. The van der Waals surface area contributed by atoms with E-state index < -0.39 is 0 Å². The number of benzene rings is 2. The van der Waals surface area contributed by atoms with Crippen LogP contribution in [0, 0.1) is 5.82 Å².